The standard InChI is InChI=1S/C24H32N2O2S/c1-2-3-4-5-6-10-17-28-23-15-13-21(14-16-23)18-25-26-24(27)20-29-19-22-11-8-7-9-12-22/h7-9,11-16,18H,2-6,10,17,19-20H2,1H3,(H,26,27)/b25-18-. The number of carbonyl (C=O) groups excluding carboxylic acids is 1. The van der Waals surface area contributed by atoms with E-state index in [0.717, 1.165) is 30.1 Å². The number of thioether (sulfide) groups is 1. The number of hydrazone groups is 1. The zero-order valence-corrected chi connectivity index (χ0v) is 18.1. The van der Waals surface area contributed by atoms with Crippen LogP contribution < -0.4 is 10.2 Å². The molecule has 2 rings (SSSR count). The average molecular weight is 413 g/mol. The molecule has 0 fully saturated rings. The van der Waals surface area contributed by atoms with Gasteiger partial charge in [-0.15, -0.1) is 11.8 Å². The Morgan fingerprint density at radius 2 is 1.72 bits per heavy atom. The lowest BCUT2D eigenvalue weighted by Crippen LogP contribution is -2.19. The van der Waals surface area contributed by atoms with Crippen molar-refractivity contribution in [1.29, 1.82) is 0 Å². The molecule has 4 nitrogen and oxygen atoms in total. The van der Waals surface area contributed by atoms with Crippen LogP contribution in [0.15, 0.2) is 59.7 Å². The van der Waals surface area contributed by atoms with Gasteiger partial charge in [-0.05, 0) is 41.8 Å². The van der Waals surface area contributed by atoms with Crippen molar-refractivity contribution in [2.75, 3.05) is 12.4 Å². The van der Waals surface area contributed by atoms with Crippen LogP contribution in [0, 0.1) is 0 Å². The normalized spacial score (nSPS) is 10.9. The first-order chi connectivity index (χ1) is 14.3. The molecule has 5 heteroatoms. The van der Waals surface area contributed by atoms with Crippen molar-refractivity contribution in [3.05, 3.63) is 65.7 Å². The van der Waals surface area contributed by atoms with E-state index in [1.165, 1.54) is 37.7 Å². The van der Waals surface area contributed by atoms with Gasteiger partial charge < -0.3 is 4.74 Å². The summed E-state index contributed by atoms with van der Waals surface area (Å²) in [6.07, 6.45) is 9.21. The number of nitrogens with one attached hydrogen (secondary N) is 1. The van der Waals surface area contributed by atoms with Gasteiger partial charge in [-0.25, -0.2) is 5.43 Å². The van der Waals surface area contributed by atoms with Gasteiger partial charge in [-0.3, -0.25) is 4.79 Å². The maximum atomic E-state index is 11.8. The summed E-state index contributed by atoms with van der Waals surface area (Å²) in [5.41, 5.74) is 4.71. The van der Waals surface area contributed by atoms with Gasteiger partial charge in [0.05, 0.1) is 18.6 Å². The first-order valence-electron chi connectivity index (χ1n) is 10.4. The van der Waals surface area contributed by atoms with Crippen molar-refractivity contribution in [3.8, 4) is 5.75 Å². The lowest BCUT2D eigenvalue weighted by atomic mass is 10.1. The van der Waals surface area contributed by atoms with E-state index < -0.39 is 0 Å². The Labute approximate surface area is 179 Å². The summed E-state index contributed by atoms with van der Waals surface area (Å²) >= 11 is 1.57. The molecule has 2 aromatic rings. The summed E-state index contributed by atoms with van der Waals surface area (Å²) in [7, 11) is 0. The fraction of sp³-hybridized carbons (Fsp3) is 0.417. The van der Waals surface area contributed by atoms with E-state index in [4.69, 9.17) is 4.74 Å². The number of hydrogen-bond donors (Lipinski definition) is 1. The van der Waals surface area contributed by atoms with Crippen LogP contribution in [0.25, 0.3) is 0 Å². The second kappa shape index (κ2) is 14.7. The fourth-order valence-corrected chi connectivity index (χ4v) is 3.55. The minimum Gasteiger partial charge on any atom is -0.494 e. The molecule has 0 radical (unpaired) electrons. The third kappa shape index (κ3) is 10.7. The Morgan fingerprint density at radius 3 is 2.48 bits per heavy atom. The van der Waals surface area contributed by atoms with Crippen molar-refractivity contribution in [1.82, 2.24) is 5.43 Å². The Kier molecular flexibility index (Phi) is 11.7. The molecule has 1 N–H and O–H groups in total. The van der Waals surface area contributed by atoms with Crippen LogP contribution in [0.5, 0.6) is 5.75 Å². The van der Waals surface area contributed by atoms with Crippen molar-refractivity contribution < 1.29 is 9.53 Å². The molecule has 0 atom stereocenters. The third-order valence-electron chi connectivity index (χ3n) is 4.39. The number of amides is 1. The first kappa shape index (κ1) is 23.0. The molecule has 0 aliphatic carbocycles. The molecule has 2 aromatic carbocycles. The van der Waals surface area contributed by atoms with Gasteiger partial charge in [-0.2, -0.15) is 5.10 Å². The largest absolute Gasteiger partial charge is 0.494 e. The molecular formula is C24H32N2O2S. The lowest BCUT2D eigenvalue weighted by Gasteiger charge is -2.06. The number of carbonyl (C=O) groups is 1. The molecule has 0 heterocycles. The van der Waals surface area contributed by atoms with Crippen LogP contribution in [-0.2, 0) is 10.5 Å². The zero-order chi connectivity index (χ0) is 20.6. The number of unbranched alkanes of at least 4 members (excludes halogenated alkanes) is 5. The smallest absolute Gasteiger partial charge is 0.250 e. The first-order valence-corrected chi connectivity index (χ1v) is 11.6. The molecule has 0 aliphatic rings. The van der Waals surface area contributed by atoms with Crippen LogP contribution in [0.1, 0.15) is 56.6 Å². The average Bonchev–Trinajstić information content (AvgIpc) is 2.75. The fourth-order valence-electron chi connectivity index (χ4n) is 2.77. The third-order valence-corrected chi connectivity index (χ3v) is 5.40. The van der Waals surface area contributed by atoms with E-state index in [1.807, 2.05) is 42.5 Å². The zero-order valence-electron chi connectivity index (χ0n) is 17.3. The van der Waals surface area contributed by atoms with Crippen LogP contribution in [0.4, 0.5) is 0 Å². The molecule has 29 heavy (non-hydrogen) atoms. The molecular weight excluding hydrogens is 380 g/mol. The van der Waals surface area contributed by atoms with Gasteiger partial charge in [0.2, 0.25) is 5.91 Å². The Bertz CT molecular complexity index is 717. The molecule has 0 aliphatic heterocycles. The molecule has 0 bridgehead atoms. The number of ether oxygens (including phenoxy) is 1. The van der Waals surface area contributed by atoms with E-state index in [-0.39, 0.29) is 5.91 Å². The van der Waals surface area contributed by atoms with Gasteiger partial charge in [0.25, 0.3) is 0 Å². The molecule has 0 saturated heterocycles. The highest BCUT2D eigenvalue weighted by atomic mass is 32.2. The molecule has 0 spiro atoms. The number of rotatable bonds is 14. The monoisotopic (exact) mass is 412 g/mol. The van der Waals surface area contributed by atoms with Gasteiger partial charge in [-0.1, -0.05) is 69.4 Å². The predicted octanol–water partition coefficient (Wildman–Crippen LogP) is 5.81. The number of nitrogens with zero attached hydrogens (tertiary/aromatic N) is 1. The van der Waals surface area contributed by atoms with Crippen LogP contribution in [-0.4, -0.2) is 24.5 Å². The SMILES string of the molecule is CCCCCCCCOc1ccc(/C=N\NC(=O)CSCc2ccccc2)cc1. The van der Waals surface area contributed by atoms with Crippen LogP contribution >= 0.6 is 11.8 Å². The molecule has 0 aromatic heterocycles. The number of benzene rings is 2. The van der Waals surface area contributed by atoms with Crippen molar-refractivity contribution in [2.24, 2.45) is 5.10 Å². The summed E-state index contributed by atoms with van der Waals surface area (Å²) in [6.45, 7) is 2.99. The summed E-state index contributed by atoms with van der Waals surface area (Å²) in [4.78, 5) is 11.8. The van der Waals surface area contributed by atoms with E-state index >= 15 is 0 Å². The quantitative estimate of drug-likeness (QED) is 0.242. The maximum Gasteiger partial charge on any atom is 0.250 e. The highest BCUT2D eigenvalue weighted by molar-refractivity contribution is 7.99. The number of hydrogen-bond acceptors (Lipinski definition) is 4. The molecule has 0 saturated carbocycles. The van der Waals surface area contributed by atoms with E-state index in [0.29, 0.717) is 5.75 Å². The summed E-state index contributed by atoms with van der Waals surface area (Å²) in [6, 6.07) is 17.9. The highest BCUT2D eigenvalue weighted by Gasteiger charge is 2.00. The second-order valence-electron chi connectivity index (χ2n) is 6.96. The van der Waals surface area contributed by atoms with Gasteiger partial charge >= 0.3 is 0 Å². The van der Waals surface area contributed by atoms with E-state index in [2.05, 4.69) is 29.6 Å². The minimum absolute atomic E-state index is 0.0962. The molecule has 1 amide bonds. The maximum absolute atomic E-state index is 11.8. The predicted molar refractivity (Wildman–Crippen MR) is 124 cm³/mol. The van der Waals surface area contributed by atoms with Crippen LogP contribution in [0.2, 0.25) is 0 Å². The molecule has 156 valence electrons. The van der Waals surface area contributed by atoms with Crippen molar-refractivity contribution in [2.45, 2.75) is 51.2 Å². The summed E-state index contributed by atoms with van der Waals surface area (Å²) in [5, 5.41) is 4.03. The summed E-state index contributed by atoms with van der Waals surface area (Å²) in [5.74, 6) is 1.98. The van der Waals surface area contributed by atoms with Gasteiger partial charge in [0, 0.05) is 5.75 Å². The van der Waals surface area contributed by atoms with E-state index in [9.17, 15) is 4.79 Å². The lowest BCUT2D eigenvalue weighted by molar-refractivity contribution is -0.118. The van der Waals surface area contributed by atoms with E-state index in [1.54, 1.807) is 18.0 Å². The van der Waals surface area contributed by atoms with Crippen molar-refractivity contribution >= 4 is 23.9 Å². The highest BCUT2D eigenvalue weighted by Crippen LogP contribution is 2.13. The van der Waals surface area contributed by atoms with Gasteiger partial charge in [0.1, 0.15) is 5.75 Å². The Balaban J connectivity index is 1.58. The summed E-state index contributed by atoms with van der Waals surface area (Å²) < 4.78 is 5.77. The Morgan fingerprint density at radius 1 is 1.00 bits per heavy atom. The minimum atomic E-state index is -0.0962. The van der Waals surface area contributed by atoms with Crippen LogP contribution in [0.3, 0.4) is 0 Å². The van der Waals surface area contributed by atoms with Gasteiger partial charge in [0.15, 0.2) is 0 Å². The Hall–Kier alpha value is -2.27. The topological polar surface area (TPSA) is 50.7 Å². The van der Waals surface area contributed by atoms with Crippen molar-refractivity contribution in [3.63, 3.8) is 0 Å². The second-order valence-corrected chi connectivity index (χ2v) is 7.94. The molecule has 0 unspecified atom stereocenters.